The minimum absolute atomic E-state index is 0.159. The van der Waals surface area contributed by atoms with Crippen LogP contribution in [-0.4, -0.2) is 75.1 Å². The lowest BCUT2D eigenvalue weighted by Crippen LogP contribution is -2.54. The molecule has 0 spiro atoms. The van der Waals surface area contributed by atoms with E-state index in [-0.39, 0.29) is 22.9 Å². The van der Waals surface area contributed by atoms with E-state index in [9.17, 15) is 24.4 Å². The highest BCUT2D eigenvalue weighted by Gasteiger charge is 2.59. The number of hydrogen-bond acceptors (Lipinski definition) is 13. The molecule has 2 amide bonds. The van der Waals surface area contributed by atoms with E-state index in [1.54, 1.807) is 56.7 Å². The number of hydrogen-bond donors (Lipinski definition) is 4. The first-order chi connectivity index (χ1) is 34.0. The number of nitrogens with one attached hydrogen (secondary N) is 1. The molecule has 366 valence electrons. The zero-order chi connectivity index (χ0) is 49.4. The quantitative estimate of drug-likeness (QED) is 0.0219. The minimum atomic E-state index is -2.71. The maximum atomic E-state index is 14.6. The molecule has 5 N–H and O–H groups in total. The van der Waals surface area contributed by atoms with Crippen molar-refractivity contribution in [1.82, 2.24) is 14.6 Å². The third kappa shape index (κ3) is 10.4. The molecule has 16 heteroatoms. The fourth-order valence-corrected chi connectivity index (χ4v) is 10.3. The summed E-state index contributed by atoms with van der Waals surface area (Å²) in [5.74, 6) is 0.178. The second-order valence-corrected chi connectivity index (χ2v) is 18.6. The number of anilines is 1. The zero-order valence-corrected chi connectivity index (χ0v) is 40.6. The van der Waals surface area contributed by atoms with E-state index >= 15 is 0 Å². The molecule has 5 aromatic carbocycles. The topological polar surface area (TPSA) is 197 Å². The van der Waals surface area contributed by atoms with Crippen LogP contribution in [0.15, 0.2) is 144 Å². The number of benzene rings is 5. The number of aromatic nitrogens is 2. The number of rotatable bonds is 22. The number of methoxy groups -OCH3 is 2. The van der Waals surface area contributed by atoms with Crippen LogP contribution >= 0.6 is 8.53 Å². The average Bonchev–Trinajstić information content (AvgIpc) is 3.83. The van der Waals surface area contributed by atoms with Crippen molar-refractivity contribution in [2.45, 2.75) is 95.0 Å². The molecule has 70 heavy (non-hydrogen) atoms. The Balaban J connectivity index is 1.24. The van der Waals surface area contributed by atoms with Crippen LogP contribution in [0.1, 0.15) is 101 Å². The van der Waals surface area contributed by atoms with E-state index in [1.807, 2.05) is 91.0 Å². The van der Waals surface area contributed by atoms with Crippen molar-refractivity contribution in [1.29, 1.82) is 0 Å². The molecule has 0 saturated carbocycles. The van der Waals surface area contributed by atoms with Gasteiger partial charge in [-0.15, -0.1) is 5.06 Å². The van der Waals surface area contributed by atoms with Crippen molar-refractivity contribution in [3.05, 3.63) is 189 Å². The highest BCUT2D eigenvalue weighted by atomic mass is 31.2. The highest BCUT2D eigenvalue weighted by Crippen LogP contribution is 2.51. The first-order valence-corrected chi connectivity index (χ1v) is 24.9. The van der Waals surface area contributed by atoms with Gasteiger partial charge in [-0.05, 0) is 76.6 Å². The lowest BCUT2D eigenvalue weighted by atomic mass is 9.64. The minimum Gasteiger partial charge on any atom is -0.497 e. The lowest BCUT2D eigenvalue weighted by Gasteiger charge is -2.45. The molecule has 3 unspecified atom stereocenters. The van der Waals surface area contributed by atoms with E-state index in [0.717, 1.165) is 42.2 Å². The fourth-order valence-electron chi connectivity index (χ4n) is 9.78. The first kappa shape index (κ1) is 50.1. The second kappa shape index (κ2) is 22.6. The summed E-state index contributed by atoms with van der Waals surface area (Å²) in [5, 5.41) is 16.8. The van der Waals surface area contributed by atoms with Gasteiger partial charge in [0.25, 0.3) is 20.3 Å². The summed E-state index contributed by atoms with van der Waals surface area (Å²) < 4.78 is 25.6. The molecule has 7 atom stereocenters. The third-order valence-electron chi connectivity index (χ3n) is 13.2. The smallest absolute Gasteiger partial charge is 0.351 e. The maximum absolute atomic E-state index is 14.6. The summed E-state index contributed by atoms with van der Waals surface area (Å²) in [6, 6.07) is 40.1. The molecule has 2 aliphatic heterocycles. The van der Waals surface area contributed by atoms with Gasteiger partial charge >= 0.3 is 5.69 Å². The monoisotopic (exact) mass is 969 g/mol. The van der Waals surface area contributed by atoms with Gasteiger partial charge in [-0.25, -0.2) is 4.79 Å². The number of imide groups is 1. The Morgan fingerprint density at radius 2 is 1.43 bits per heavy atom. The van der Waals surface area contributed by atoms with Crippen molar-refractivity contribution < 1.29 is 43.2 Å². The molecule has 0 aliphatic carbocycles. The van der Waals surface area contributed by atoms with Crippen LogP contribution < -0.4 is 26.0 Å². The predicted octanol–water partition coefficient (Wildman–Crippen LogP) is 8.47. The fraction of sp³-hybridized carbons (Fsp3) is 0.333. The van der Waals surface area contributed by atoms with Gasteiger partial charge in [-0.1, -0.05) is 143 Å². The number of aliphatic hydroxyl groups is 1. The van der Waals surface area contributed by atoms with E-state index in [1.165, 1.54) is 6.20 Å². The first-order valence-electron chi connectivity index (χ1n) is 23.6. The summed E-state index contributed by atoms with van der Waals surface area (Å²) >= 11 is 0. The Hall–Kier alpha value is -6.29. The van der Waals surface area contributed by atoms with Gasteiger partial charge in [0.15, 0.2) is 12.3 Å². The number of ether oxygens (including phenoxy) is 3. The Labute approximate surface area is 409 Å². The van der Waals surface area contributed by atoms with Gasteiger partial charge < -0.3 is 34.1 Å². The molecule has 1 saturated heterocycles. The van der Waals surface area contributed by atoms with Gasteiger partial charge in [0.2, 0.25) is 0 Å². The van der Waals surface area contributed by atoms with E-state index < -0.39 is 62.1 Å². The van der Waals surface area contributed by atoms with Crippen LogP contribution in [0.5, 0.6) is 11.5 Å². The predicted molar refractivity (Wildman–Crippen MR) is 266 cm³/mol. The summed E-state index contributed by atoms with van der Waals surface area (Å²) in [4.78, 5) is 65.2. The largest absolute Gasteiger partial charge is 0.497 e. The van der Waals surface area contributed by atoms with Crippen LogP contribution in [0.3, 0.4) is 0 Å². The number of hydroxylamine groups is 2. The number of carbonyl (C=O) groups is 2. The molecule has 6 aromatic rings. The van der Waals surface area contributed by atoms with Gasteiger partial charge in [0.1, 0.15) is 35.6 Å². The summed E-state index contributed by atoms with van der Waals surface area (Å²) in [7, 11) is 0.398. The number of fused-ring (bicyclic) bond motifs is 1. The van der Waals surface area contributed by atoms with E-state index in [0.29, 0.717) is 51.8 Å². The Kier molecular flexibility index (Phi) is 16.2. The van der Waals surface area contributed by atoms with Crippen molar-refractivity contribution in [3.63, 3.8) is 0 Å². The van der Waals surface area contributed by atoms with Crippen LogP contribution in [0, 0.1) is 5.92 Å². The Bertz CT molecular complexity index is 2710. The standard InChI is InChI=1S/C54H60N5O10P/c1-5-6-7-10-16-35(2)33-37-19-15-22-43-45(37)51(62)59(50(43)61)68-48-46(60)47(67-52(48)58-32-31-44(57-53(58)63)56-34-36-17-11-8-12-18-36)49(69-70(55)64)54(38-20-13-9-14-21-38,39-23-27-41(65-3)28-24-39)40-25-29-42(66-4)30-26-40/h8-9,11-15,17-32,35,46-49,52,60,64H,5-7,10,16,33-34,55H2,1-4H3,(H,56,57,63)/t35?,46-,47+,48-,49?,52-,70?/m1/s1. The summed E-state index contributed by atoms with van der Waals surface area (Å²) in [5.41, 5.74) is 7.91. The maximum Gasteiger partial charge on any atom is 0.351 e. The summed E-state index contributed by atoms with van der Waals surface area (Å²) in [6.45, 7) is 4.68. The molecule has 1 fully saturated rings. The normalized spacial score (nSPS) is 19.2. The van der Waals surface area contributed by atoms with Crippen LogP contribution in [0.25, 0.3) is 0 Å². The van der Waals surface area contributed by atoms with Gasteiger partial charge in [0, 0.05) is 12.7 Å². The SMILES string of the molecule is CCCCCCC(C)Cc1cccc2c1C(=O)N(O[C@@H]1[C@H](O)[C@@H](C(OP(N)O)C(c3ccccc3)(c3ccc(OC)cc3)c3ccc(OC)cc3)O[C@H]1n1ccc(NCc3ccccc3)nc1=O)C2=O. The van der Waals surface area contributed by atoms with E-state index in [4.69, 9.17) is 29.1 Å². The van der Waals surface area contributed by atoms with Gasteiger partial charge in [-0.2, -0.15) is 4.98 Å². The highest BCUT2D eigenvalue weighted by molar-refractivity contribution is 7.43. The van der Waals surface area contributed by atoms with Crippen LogP contribution in [0.4, 0.5) is 5.82 Å². The molecule has 2 aliphatic rings. The number of amides is 2. The molecular formula is C54H60N5O10P. The number of unbranched alkanes of at least 4 members (excludes halogenated alkanes) is 3. The number of nitrogens with two attached hydrogens (primary N) is 1. The van der Waals surface area contributed by atoms with Gasteiger partial charge in [-0.3, -0.25) is 24.5 Å². The Morgan fingerprint density at radius 1 is 0.800 bits per heavy atom. The lowest BCUT2D eigenvalue weighted by molar-refractivity contribution is -0.178. The molecule has 0 bridgehead atoms. The van der Waals surface area contributed by atoms with Crippen LogP contribution in [-0.2, 0) is 32.5 Å². The van der Waals surface area contributed by atoms with Crippen molar-refractivity contribution in [3.8, 4) is 11.5 Å². The molecule has 8 rings (SSSR count). The third-order valence-corrected chi connectivity index (χ3v) is 13.7. The van der Waals surface area contributed by atoms with Crippen molar-refractivity contribution in [2.24, 2.45) is 11.4 Å². The molecule has 3 heterocycles. The van der Waals surface area contributed by atoms with E-state index in [2.05, 4.69) is 24.1 Å². The average molecular weight is 970 g/mol. The zero-order valence-electron chi connectivity index (χ0n) is 39.7. The molecule has 1 aromatic heterocycles. The summed E-state index contributed by atoms with van der Waals surface area (Å²) in [6.07, 6.45) is -0.464. The number of carbonyl (C=O) groups excluding carboxylic acids is 2. The van der Waals surface area contributed by atoms with Crippen molar-refractivity contribution >= 4 is 26.2 Å². The Morgan fingerprint density at radius 3 is 2.03 bits per heavy atom. The van der Waals surface area contributed by atoms with Crippen LogP contribution in [0.2, 0.25) is 0 Å². The number of aliphatic hydroxyl groups excluding tert-OH is 1. The number of nitrogens with zero attached hydrogens (tertiary/aromatic N) is 3. The van der Waals surface area contributed by atoms with Crippen molar-refractivity contribution in [2.75, 3.05) is 19.5 Å². The molecule has 15 nitrogen and oxygen atoms in total. The van der Waals surface area contributed by atoms with Gasteiger partial charge in [0.05, 0.1) is 30.8 Å². The second-order valence-electron chi connectivity index (χ2n) is 17.8. The molecular weight excluding hydrogens is 910 g/mol. The molecule has 0 radical (unpaired) electrons.